The molecule has 0 aliphatic heterocycles. The summed E-state index contributed by atoms with van der Waals surface area (Å²) in [5.41, 5.74) is 3.44. The first-order chi connectivity index (χ1) is 14.3. The number of carbonyl (C=O) groups excluding carboxylic acids is 1. The fourth-order valence-electron chi connectivity index (χ4n) is 2.89. The normalized spacial score (nSPS) is 10.9. The van der Waals surface area contributed by atoms with Crippen molar-refractivity contribution in [2.45, 2.75) is 40.9 Å². The van der Waals surface area contributed by atoms with Crippen LogP contribution in [0.2, 0.25) is 0 Å². The number of ether oxygens (including phenoxy) is 2. The van der Waals surface area contributed by atoms with E-state index in [4.69, 9.17) is 9.26 Å². The second kappa shape index (κ2) is 8.94. The van der Waals surface area contributed by atoms with E-state index in [1.165, 1.54) is 12.1 Å². The molecule has 0 saturated carbocycles. The van der Waals surface area contributed by atoms with Gasteiger partial charge in [-0.15, -0.1) is 0 Å². The first-order valence-electron chi connectivity index (χ1n) is 9.27. The molecule has 0 radical (unpaired) electrons. The van der Waals surface area contributed by atoms with E-state index in [-0.39, 0.29) is 23.7 Å². The van der Waals surface area contributed by atoms with Crippen molar-refractivity contribution in [2.75, 3.05) is 5.32 Å². The number of aromatic nitrogens is 1. The van der Waals surface area contributed by atoms with E-state index in [0.717, 1.165) is 16.7 Å². The van der Waals surface area contributed by atoms with Gasteiger partial charge < -0.3 is 19.3 Å². The topological polar surface area (TPSA) is 73.6 Å². The first-order valence-corrected chi connectivity index (χ1v) is 9.27. The van der Waals surface area contributed by atoms with Gasteiger partial charge >= 0.3 is 6.61 Å². The second-order valence-corrected chi connectivity index (χ2v) is 6.88. The summed E-state index contributed by atoms with van der Waals surface area (Å²) in [6.45, 7) is 4.42. The zero-order chi connectivity index (χ0) is 21.8. The van der Waals surface area contributed by atoms with Gasteiger partial charge in [0.2, 0.25) is 0 Å². The minimum atomic E-state index is -3.01. The molecule has 6 nitrogen and oxygen atoms in total. The van der Waals surface area contributed by atoms with Crippen LogP contribution in [0.15, 0.2) is 40.9 Å². The van der Waals surface area contributed by atoms with E-state index in [1.54, 1.807) is 19.9 Å². The molecule has 0 atom stereocenters. The predicted octanol–water partition coefficient (Wildman–Crippen LogP) is 5.34. The minimum absolute atomic E-state index is 0.0160. The Balaban J connectivity index is 1.81. The third kappa shape index (κ3) is 4.76. The summed E-state index contributed by atoms with van der Waals surface area (Å²) in [4.78, 5) is 12.8. The van der Waals surface area contributed by atoms with Gasteiger partial charge in [0, 0.05) is 0 Å². The maximum atomic E-state index is 12.8. The van der Waals surface area contributed by atoms with Crippen LogP contribution in [0.3, 0.4) is 0 Å². The molecular weight excluding hydrogens is 394 g/mol. The van der Waals surface area contributed by atoms with E-state index in [9.17, 15) is 13.6 Å². The van der Waals surface area contributed by atoms with E-state index in [0.29, 0.717) is 17.1 Å². The number of hydrogen-bond donors (Lipinski definition) is 1. The molecule has 0 saturated heterocycles. The number of carbonyl (C=O) groups is 1. The van der Waals surface area contributed by atoms with Crippen molar-refractivity contribution >= 4 is 11.6 Å². The molecule has 3 aromatic rings. The molecule has 8 heteroatoms. The standard InChI is InChI=1S/C22H22F2N2O4/c1-12-8-9-19(29-22(23)24)17(10-12)25-21(27)20-16(15(4)30-26-20)11-28-18-7-5-6-13(2)14(18)3/h5-10,22H,11H2,1-4H3,(H,25,27). The molecule has 1 aromatic heterocycles. The van der Waals surface area contributed by atoms with E-state index >= 15 is 0 Å². The van der Waals surface area contributed by atoms with Crippen LogP contribution in [0, 0.1) is 27.7 Å². The molecule has 0 bridgehead atoms. The molecule has 0 aliphatic carbocycles. The lowest BCUT2D eigenvalue weighted by Gasteiger charge is -2.13. The Kier molecular flexibility index (Phi) is 6.34. The molecule has 30 heavy (non-hydrogen) atoms. The van der Waals surface area contributed by atoms with Crippen LogP contribution in [-0.2, 0) is 6.61 Å². The molecule has 0 aliphatic rings. The zero-order valence-corrected chi connectivity index (χ0v) is 17.1. The third-order valence-corrected chi connectivity index (χ3v) is 4.73. The molecule has 3 rings (SSSR count). The summed E-state index contributed by atoms with van der Waals surface area (Å²) in [7, 11) is 0. The lowest BCUT2D eigenvalue weighted by atomic mass is 10.1. The van der Waals surface area contributed by atoms with Gasteiger partial charge in [-0.2, -0.15) is 8.78 Å². The Hall–Kier alpha value is -3.42. The summed E-state index contributed by atoms with van der Waals surface area (Å²) in [5, 5.41) is 6.39. The Bertz CT molecular complexity index is 1060. The number of nitrogens with one attached hydrogen (secondary N) is 1. The number of anilines is 1. The smallest absolute Gasteiger partial charge is 0.387 e. The number of halogens is 2. The lowest BCUT2D eigenvalue weighted by Crippen LogP contribution is -2.17. The van der Waals surface area contributed by atoms with Gasteiger partial charge in [0.1, 0.15) is 23.9 Å². The number of benzene rings is 2. The van der Waals surface area contributed by atoms with Gasteiger partial charge in [0.15, 0.2) is 5.69 Å². The van der Waals surface area contributed by atoms with Crippen molar-refractivity contribution in [3.63, 3.8) is 0 Å². The highest BCUT2D eigenvalue weighted by atomic mass is 19.3. The van der Waals surface area contributed by atoms with E-state index in [2.05, 4.69) is 15.2 Å². The number of amides is 1. The summed E-state index contributed by atoms with van der Waals surface area (Å²) in [6.07, 6.45) is 0. The average Bonchev–Trinajstić information content (AvgIpc) is 3.05. The van der Waals surface area contributed by atoms with Crippen LogP contribution in [0.1, 0.15) is 38.5 Å². The molecule has 1 N–H and O–H groups in total. The van der Waals surface area contributed by atoms with Crippen LogP contribution in [0.25, 0.3) is 0 Å². The Morgan fingerprint density at radius 3 is 2.63 bits per heavy atom. The Morgan fingerprint density at radius 1 is 1.13 bits per heavy atom. The quantitative estimate of drug-likeness (QED) is 0.563. The SMILES string of the molecule is Cc1ccc(OC(F)F)c(NC(=O)c2noc(C)c2COc2cccc(C)c2C)c1. The monoisotopic (exact) mass is 416 g/mol. The number of hydrogen-bond acceptors (Lipinski definition) is 5. The highest BCUT2D eigenvalue weighted by Crippen LogP contribution is 2.29. The number of rotatable bonds is 7. The number of alkyl halides is 2. The molecule has 0 unspecified atom stereocenters. The molecule has 1 amide bonds. The Morgan fingerprint density at radius 2 is 1.90 bits per heavy atom. The minimum Gasteiger partial charge on any atom is -0.488 e. The van der Waals surface area contributed by atoms with Crippen LogP contribution in [0.5, 0.6) is 11.5 Å². The molecule has 158 valence electrons. The van der Waals surface area contributed by atoms with Crippen molar-refractivity contribution in [2.24, 2.45) is 0 Å². The van der Waals surface area contributed by atoms with Gasteiger partial charge in [0.05, 0.1) is 11.3 Å². The predicted molar refractivity (Wildman–Crippen MR) is 107 cm³/mol. The number of aryl methyl sites for hydroxylation is 3. The van der Waals surface area contributed by atoms with E-state index < -0.39 is 12.5 Å². The maximum Gasteiger partial charge on any atom is 0.387 e. The summed E-state index contributed by atoms with van der Waals surface area (Å²) >= 11 is 0. The maximum absolute atomic E-state index is 12.8. The number of nitrogens with zero attached hydrogens (tertiary/aromatic N) is 1. The second-order valence-electron chi connectivity index (χ2n) is 6.88. The van der Waals surface area contributed by atoms with Gasteiger partial charge in [-0.3, -0.25) is 4.79 Å². The van der Waals surface area contributed by atoms with Crippen LogP contribution in [0.4, 0.5) is 14.5 Å². The van der Waals surface area contributed by atoms with Crippen molar-refractivity contribution in [3.05, 3.63) is 70.1 Å². The largest absolute Gasteiger partial charge is 0.488 e. The van der Waals surface area contributed by atoms with Gasteiger partial charge in [-0.05, 0) is 62.6 Å². The van der Waals surface area contributed by atoms with E-state index in [1.807, 2.05) is 32.0 Å². The summed E-state index contributed by atoms with van der Waals surface area (Å²) in [6, 6.07) is 10.2. The molecule has 2 aromatic carbocycles. The fraction of sp³-hybridized carbons (Fsp3) is 0.273. The highest BCUT2D eigenvalue weighted by Gasteiger charge is 2.22. The van der Waals surface area contributed by atoms with Crippen molar-refractivity contribution in [3.8, 4) is 11.5 Å². The third-order valence-electron chi connectivity index (χ3n) is 4.73. The fourth-order valence-corrected chi connectivity index (χ4v) is 2.89. The van der Waals surface area contributed by atoms with Crippen LogP contribution in [-0.4, -0.2) is 17.7 Å². The lowest BCUT2D eigenvalue weighted by molar-refractivity contribution is -0.0493. The first kappa shape index (κ1) is 21.3. The summed E-state index contributed by atoms with van der Waals surface area (Å²) in [5.74, 6) is 0.362. The van der Waals surface area contributed by atoms with Crippen molar-refractivity contribution in [1.82, 2.24) is 5.16 Å². The molecule has 1 heterocycles. The van der Waals surface area contributed by atoms with Crippen molar-refractivity contribution < 1.29 is 27.6 Å². The van der Waals surface area contributed by atoms with Gasteiger partial charge in [-0.25, -0.2) is 0 Å². The highest BCUT2D eigenvalue weighted by molar-refractivity contribution is 6.04. The average molecular weight is 416 g/mol. The van der Waals surface area contributed by atoms with Crippen LogP contribution < -0.4 is 14.8 Å². The van der Waals surface area contributed by atoms with Gasteiger partial charge in [-0.1, -0.05) is 23.4 Å². The van der Waals surface area contributed by atoms with Gasteiger partial charge in [0.25, 0.3) is 5.91 Å². The molecule has 0 fully saturated rings. The molecular formula is C22H22F2N2O4. The summed E-state index contributed by atoms with van der Waals surface area (Å²) < 4.78 is 40.9. The van der Waals surface area contributed by atoms with Crippen LogP contribution >= 0.6 is 0 Å². The van der Waals surface area contributed by atoms with Crippen molar-refractivity contribution in [1.29, 1.82) is 0 Å². The zero-order valence-electron chi connectivity index (χ0n) is 17.1. The molecule has 0 spiro atoms. The Labute approximate surface area is 172 Å².